The highest BCUT2D eigenvalue weighted by Crippen LogP contribution is 2.23. The second-order valence-electron chi connectivity index (χ2n) is 4.83. The minimum absolute atomic E-state index is 0.360. The van der Waals surface area contributed by atoms with Crippen LogP contribution < -0.4 is 5.32 Å². The van der Waals surface area contributed by atoms with E-state index < -0.39 is 0 Å². The number of nitrogens with one attached hydrogen (secondary N) is 1. The van der Waals surface area contributed by atoms with E-state index in [0.717, 1.165) is 0 Å². The van der Waals surface area contributed by atoms with Crippen LogP contribution in [0.1, 0.15) is 44.2 Å². The summed E-state index contributed by atoms with van der Waals surface area (Å²) in [5.74, 6) is 0. The predicted molar refractivity (Wildman–Crippen MR) is 68.8 cm³/mol. The molecule has 2 rings (SSSR count). The van der Waals surface area contributed by atoms with Crippen LogP contribution in [0.15, 0.2) is 24.5 Å². The number of hydrogen-bond acceptors (Lipinski definition) is 3. The third-order valence-electron chi connectivity index (χ3n) is 3.68. The molecule has 1 aromatic heterocycles. The zero-order valence-corrected chi connectivity index (χ0v) is 10.7. The largest absolute Gasteiger partial charge is 0.380 e. The van der Waals surface area contributed by atoms with Crippen LogP contribution in [0.2, 0.25) is 0 Å². The molecule has 17 heavy (non-hydrogen) atoms. The topological polar surface area (TPSA) is 34.1 Å². The molecule has 0 radical (unpaired) electrons. The summed E-state index contributed by atoms with van der Waals surface area (Å²) in [7, 11) is 1.82. The van der Waals surface area contributed by atoms with Crippen molar-refractivity contribution in [2.45, 2.75) is 50.8 Å². The lowest BCUT2D eigenvalue weighted by Gasteiger charge is -2.33. The molecule has 94 valence electrons. The first kappa shape index (κ1) is 12.5. The van der Waals surface area contributed by atoms with Crippen molar-refractivity contribution in [2.75, 3.05) is 7.11 Å². The van der Waals surface area contributed by atoms with Crippen LogP contribution in [-0.4, -0.2) is 24.2 Å². The fraction of sp³-hybridized carbons (Fsp3) is 0.643. The SMILES string of the molecule is COC1CCCCC1N[C@@H](C)c1ccncc1. The molecule has 0 saturated heterocycles. The van der Waals surface area contributed by atoms with Crippen LogP contribution in [0.3, 0.4) is 0 Å². The summed E-state index contributed by atoms with van der Waals surface area (Å²) in [6.07, 6.45) is 9.06. The molecule has 1 aliphatic rings. The molecule has 0 amide bonds. The second-order valence-corrected chi connectivity index (χ2v) is 4.83. The van der Waals surface area contributed by atoms with Gasteiger partial charge in [-0.1, -0.05) is 12.8 Å². The summed E-state index contributed by atoms with van der Waals surface area (Å²) in [6.45, 7) is 2.21. The normalized spacial score (nSPS) is 26.7. The van der Waals surface area contributed by atoms with E-state index in [1.54, 1.807) is 0 Å². The first-order valence-corrected chi connectivity index (χ1v) is 6.50. The maximum absolute atomic E-state index is 5.57. The smallest absolute Gasteiger partial charge is 0.0724 e. The van der Waals surface area contributed by atoms with Gasteiger partial charge in [0.25, 0.3) is 0 Å². The molecule has 0 spiro atoms. The molecular formula is C14H22N2O. The number of rotatable bonds is 4. The van der Waals surface area contributed by atoms with E-state index in [2.05, 4.69) is 29.4 Å². The van der Waals surface area contributed by atoms with Crippen LogP contribution >= 0.6 is 0 Å². The van der Waals surface area contributed by atoms with Crippen LogP contribution in [0.4, 0.5) is 0 Å². The van der Waals surface area contributed by atoms with Gasteiger partial charge in [0.05, 0.1) is 6.10 Å². The van der Waals surface area contributed by atoms with E-state index >= 15 is 0 Å². The molecule has 3 atom stereocenters. The van der Waals surface area contributed by atoms with Gasteiger partial charge in [-0.25, -0.2) is 0 Å². The number of methoxy groups -OCH3 is 1. The van der Waals surface area contributed by atoms with Gasteiger partial charge in [-0.15, -0.1) is 0 Å². The van der Waals surface area contributed by atoms with Crippen molar-refractivity contribution in [3.8, 4) is 0 Å². The Morgan fingerprint density at radius 3 is 2.71 bits per heavy atom. The van der Waals surface area contributed by atoms with Crippen molar-refractivity contribution in [3.63, 3.8) is 0 Å². The highest BCUT2D eigenvalue weighted by atomic mass is 16.5. The molecule has 1 aliphatic carbocycles. The second kappa shape index (κ2) is 6.12. The molecule has 1 saturated carbocycles. The minimum atomic E-state index is 0.360. The molecular weight excluding hydrogens is 212 g/mol. The average Bonchev–Trinajstić information content (AvgIpc) is 2.40. The molecule has 2 unspecified atom stereocenters. The Morgan fingerprint density at radius 2 is 2.00 bits per heavy atom. The van der Waals surface area contributed by atoms with E-state index in [-0.39, 0.29) is 0 Å². The highest BCUT2D eigenvalue weighted by Gasteiger charge is 2.25. The minimum Gasteiger partial charge on any atom is -0.380 e. The Hall–Kier alpha value is -0.930. The number of ether oxygens (including phenoxy) is 1. The zero-order valence-electron chi connectivity index (χ0n) is 10.7. The Labute approximate surface area is 104 Å². The van der Waals surface area contributed by atoms with Gasteiger partial charge in [0.1, 0.15) is 0 Å². The number of aromatic nitrogens is 1. The number of pyridine rings is 1. The highest BCUT2D eigenvalue weighted by molar-refractivity contribution is 5.14. The van der Waals surface area contributed by atoms with Crippen molar-refractivity contribution >= 4 is 0 Å². The lowest BCUT2D eigenvalue weighted by Crippen LogP contribution is -2.44. The number of hydrogen-bond donors (Lipinski definition) is 1. The van der Waals surface area contributed by atoms with Crippen molar-refractivity contribution < 1.29 is 4.74 Å². The van der Waals surface area contributed by atoms with Crippen LogP contribution in [0, 0.1) is 0 Å². The summed E-state index contributed by atoms with van der Waals surface area (Å²) in [4.78, 5) is 4.05. The lowest BCUT2D eigenvalue weighted by molar-refractivity contribution is 0.0384. The first-order valence-electron chi connectivity index (χ1n) is 6.50. The van der Waals surface area contributed by atoms with Gasteiger partial charge in [0, 0.05) is 31.6 Å². The van der Waals surface area contributed by atoms with Gasteiger partial charge in [-0.3, -0.25) is 4.98 Å². The van der Waals surface area contributed by atoms with E-state index in [1.165, 1.54) is 31.2 Å². The molecule has 0 aliphatic heterocycles. The van der Waals surface area contributed by atoms with Crippen LogP contribution in [0.5, 0.6) is 0 Å². The molecule has 1 fully saturated rings. The van der Waals surface area contributed by atoms with Gasteiger partial charge >= 0.3 is 0 Å². The van der Waals surface area contributed by atoms with Crippen LogP contribution in [-0.2, 0) is 4.74 Å². The fourth-order valence-corrected chi connectivity index (χ4v) is 2.64. The summed E-state index contributed by atoms with van der Waals surface area (Å²) in [5, 5.41) is 3.68. The Morgan fingerprint density at radius 1 is 1.29 bits per heavy atom. The van der Waals surface area contributed by atoms with E-state index in [1.807, 2.05) is 19.5 Å². The predicted octanol–water partition coefficient (Wildman–Crippen LogP) is 2.69. The maximum atomic E-state index is 5.57. The molecule has 1 aromatic rings. The van der Waals surface area contributed by atoms with Gasteiger partial charge < -0.3 is 10.1 Å². The fourth-order valence-electron chi connectivity index (χ4n) is 2.64. The molecule has 3 nitrogen and oxygen atoms in total. The third kappa shape index (κ3) is 3.27. The average molecular weight is 234 g/mol. The Bertz CT molecular complexity index is 328. The van der Waals surface area contributed by atoms with Crippen molar-refractivity contribution in [1.29, 1.82) is 0 Å². The maximum Gasteiger partial charge on any atom is 0.0724 e. The summed E-state index contributed by atoms with van der Waals surface area (Å²) in [6, 6.07) is 4.99. The quantitative estimate of drug-likeness (QED) is 0.869. The zero-order chi connectivity index (χ0) is 12.1. The van der Waals surface area contributed by atoms with Gasteiger partial charge in [-0.05, 0) is 37.5 Å². The molecule has 1 N–H and O–H groups in total. The molecule has 0 bridgehead atoms. The Kier molecular flexibility index (Phi) is 4.51. The van der Waals surface area contributed by atoms with Gasteiger partial charge in [-0.2, -0.15) is 0 Å². The molecule has 0 aromatic carbocycles. The van der Waals surface area contributed by atoms with E-state index in [4.69, 9.17) is 4.74 Å². The van der Waals surface area contributed by atoms with Crippen LogP contribution in [0.25, 0.3) is 0 Å². The van der Waals surface area contributed by atoms with Crippen molar-refractivity contribution in [2.24, 2.45) is 0 Å². The van der Waals surface area contributed by atoms with E-state index in [9.17, 15) is 0 Å². The molecule has 3 heteroatoms. The number of nitrogens with zero attached hydrogens (tertiary/aromatic N) is 1. The summed E-state index contributed by atoms with van der Waals surface area (Å²) < 4.78 is 5.57. The van der Waals surface area contributed by atoms with Gasteiger partial charge in [0.15, 0.2) is 0 Å². The monoisotopic (exact) mass is 234 g/mol. The summed E-state index contributed by atoms with van der Waals surface area (Å²) in [5.41, 5.74) is 1.29. The summed E-state index contributed by atoms with van der Waals surface area (Å²) >= 11 is 0. The van der Waals surface area contributed by atoms with Crippen molar-refractivity contribution in [1.82, 2.24) is 10.3 Å². The third-order valence-corrected chi connectivity index (χ3v) is 3.68. The van der Waals surface area contributed by atoms with E-state index in [0.29, 0.717) is 18.2 Å². The van der Waals surface area contributed by atoms with Gasteiger partial charge in [0.2, 0.25) is 0 Å². The first-order chi connectivity index (χ1) is 8.31. The standard InChI is InChI=1S/C14H22N2O/c1-11(12-7-9-15-10-8-12)16-13-5-3-4-6-14(13)17-2/h7-11,13-14,16H,3-6H2,1-2H3/t11-,13?,14?/m0/s1. The van der Waals surface area contributed by atoms with Crippen molar-refractivity contribution in [3.05, 3.63) is 30.1 Å². The molecule has 1 heterocycles. The Balaban J connectivity index is 1.95. The lowest BCUT2D eigenvalue weighted by atomic mass is 9.91.